The Hall–Kier alpha value is -1.88. The first-order chi connectivity index (χ1) is 10.6. The van der Waals surface area contributed by atoms with Crippen molar-refractivity contribution in [2.24, 2.45) is 5.10 Å². The lowest BCUT2D eigenvalue weighted by molar-refractivity contribution is 1.18. The van der Waals surface area contributed by atoms with Gasteiger partial charge in [-0.25, -0.2) is 4.98 Å². The van der Waals surface area contributed by atoms with E-state index < -0.39 is 0 Å². The van der Waals surface area contributed by atoms with Gasteiger partial charge in [0.2, 0.25) is 5.28 Å². The molecular weight excluding hydrogens is 343 g/mol. The summed E-state index contributed by atoms with van der Waals surface area (Å²) in [6, 6.07) is 12.8. The molecule has 4 nitrogen and oxygen atoms in total. The molecule has 0 aliphatic heterocycles. The summed E-state index contributed by atoms with van der Waals surface area (Å²) < 4.78 is 0. The quantitative estimate of drug-likeness (QED) is 0.409. The number of fused-ring (bicyclic) bond motifs is 1. The fraction of sp³-hybridized carbons (Fsp3) is 0. The predicted octanol–water partition coefficient (Wildman–Crippen LogP) is 5.04. The van der Waals surface area contributed by atoms with Crippen LogP contribution in [-0.4, -0.2) is 16.2 Å². The largest absolute Gasteiger partial charge is 0.261 e. The number of hydrogen-bond donors (Lipinski definition) is 1. The lowest BCUT2D eigenvalue weighted by atomic mass is 10.2. The molecule has 22 heavy (non-hydrogen) atoms. The van der Waals surface area contributed by atoms with Gasteiger partial charge in [0.15, 0.2) is 5.82 Å². The van der Waals surface area contributed by atoms with Crippen LogP contribution in [0.2, 0.25) is 15.3 Å². The summed E-state index contributed by atoms with van der Waals surface area (Å²) in [6.45, 7) is 0. The first kappa shape index (κ1) is 15.0. The Morgan fingerprint density at radius 3 is 2.59 bits per heavy atom. The number of para-hydroxylation sites is 1. The lowest BCUT2D eigenvalue weighted by Crippen LogP contribution is -1.97. The fourth-order valence-corrected chi connectivity index (χ4v) is 2.38. The van der Waals surface area contributed by atoms with Crippen LogP contribution in [0.25, 0.3) is 10.9 Å². The molecule has 7 heteroatoms. The molecule has 2 aromatic carbocycles. The van der Waals surface area contributed by atoms with Crippen molar-refractivity contribution in [3.8, 4) is 0 Å². The van der Waals surface area contributed by atoms with E-state index in [9.17, 15) is 0 Å². The molecule has 0 radical (unpaired) electrons. The molecule has 110 valence electrons. The minimum absolute atomic E-state index is 0.158. The topological polar surface area (TPSA) is 50.2 Å². The van der Waals surface area contributed by atoms with Gasteiger partial charge in [-0.1, -0.05) is 41.4 Å². The number of aromatic nitrogens is 2. The number of halogens is 3. The zero-order chi connectivity index (χ0) is 15.5. The molecular formula is C15H9Cl3N4. The second kappa shape index (κ2) is 6.48. The zero-order valence-electron chi connectivity index (χ0n) is 11.1. The van der Waals surface area contributed by atoms with Crippen LogP contribution in [0.4, 0.5) is 5.82 Å². The molecule has 1 N–H and O–H groups in total. The molecule has 0 saturated heterocycles. The smallest absolute Gasteiger partial charge is 0.224 e. The summed E-state index contributed by atoms with van der Waals surface area (Å²) in [4.78, 5) is 8.30. The first-order valence-electron chi connectivity index (χ1n) is 6.30. The van der Waals surface area contributed by atoms with E-state index in [4.69, 9.17) is 34.8 Å². The minimum atomic E-state index is 0.158. The summed E-state index contributed by atoms with van der Waals surface area (Å²) in [7, 11) is 0. The molecule has 0 atom stereocenters. The lowest BCUT2D eigenvalue weighted by Gasteiger charge is -2.04. The normalized spacial score (nSPS) is 11.2. The molecule has 0 fully saturated rings. The molecule has 1 heterocycles. The number of benzene rings is 2. The number of nitrogens with one attached hydrogen (secondary N) is 1. The average molecular weight is 352 g/mol. The van der Waals surface area contributed by atoms with E-state index in [0.717, 1.165) is 16.5 Å². The van der Waals surface area contributed by atoms with Crippen molar-refractivity contribution in [3.63, 3.8) is 0 Å². The molecule has 0 saturated carbocycles. The Labute approximate surface area is 141 Å². The van der Waals surface area contributed by atoms with Crippen LogP contribution >= 0.6 is 34.8 Å². The highest BCUT2D eigenvalue weighted by molar-refractivity contribution is 6.42. The second-order valence-corrected chi connectivity index (χ2v) is 5.55. The summed E-state index contributed by atoms with van der Waals surface area (Å²) in [5, 5.41) is 6.11. The highest BCUT2D eigenvalue weighted by atomic mass is 35.5. The standard InChI is InChI=1S/C15H9Cl3N4/c16-11-6-5-9(7-12(11)17)8-19-22-14-10-3-1-2-4-13(10)20-15(18)21-14/h1-8H,(H,20,21,22)/b19-8-. The van der Waals surface area contributed by atoms with E-state index in [1.54, 1.807) is 18.3 Å². The van der Waals surface area contributed by atoms with Crippen molar-refractivity contribution in [3.05, 3.63) is 63.4 Å². The Bertz CT molecular complexity index is 865. The zero-order valence-corrected chi connectivity index (χ0v) is 13.4. The third-order valence-electron chi connectivity index (χ3n) is 2.90. The monoisotopic (exact) mass is 350 g/mol. The van der Waals surface area contributed by atoms with Gasteiger partial charge in [0.25, 0.3) is 0 Å². The minimum Gasteiger partial charge on any atom is -0.261 e. The van der Waals surface area contributed by atoms with Crippen LogP contribution in [-0.2, 0) is 0 Å². The van der Waals surface area contributed by atoms with Gasteiger partial charge in [0, 0.05) is 5.39 Å². The molecule has 1 aromatic heterocycles. The van der Waals surface area contributed by atoms with E-state index in [0.29, 0.717) is 15.9 Å². The molecule has 0 aliphatic carbocycles. The van der Waals surface area contributed by atoms with Crippen molar-refractivity contribution in [2.75, 3.05) is 5.43 Å². The van der Waals surface area contributed by atoms with Crippen LogP contribution in [0, 0.1) is 0 Å². The van der Waals surface area contributed by atoms with Crippen molar-refractivity contribution in [1.29, 1.82) is 0 Å². The molecule has 0 bridgehead atoms. The van der Waals surface area contributed by atoms with Gasteiger partial charge in [-0.3, -0.25) is 5.43 Å². The molecule has 3 rings (SSSR count). The Morgan fingerprint density at radius 2 is 1.77 bits per heavy atom. The van der Waals surface area contributed by atoms with Crippen LogP contribution in [0.1, 0.15) is 5.56 Å². The van der Waals surface area contributed by atoms with Crippen molar-refractivity contribution in [1.82, 2.24) is 9.97 Å². The van der Waals surface area contributed by atoms with E-state index in [1.807, 2.05) is 30.3 Å². The molecule has 0 aliphatic rings. The molecule has 0 spiro atoms. The number of rotatable bonds is 3. The SMILES string of the molecule is Clc1nc(N/N=C\c2ccc(Cl)c(Cl)c2)c2ccccc2n1. The van der Waals surface area contributed by atoms with Gasteiger partial charge < -0.3 is 0 Å². The number of nitrogens with zero attached hydrogens (tertiary/aromatic N) is 3. The van der Waals surface area contributed by atoms with Crippen LogP contribution in [0.3, 0.4) is 0 Å². The molecule has 0 amide bonds. The van der Waals surface area contributed by atoms with E-state index in [1.165, 1.54) is 0 Å². The van der Waals surface area contributed by atoms with Gasteiger partial charge in [-0.2, -0.15) is 10.1 Å². The third kappa shape index (κ3) is 3.30. The van der Waals surface area contributed by atoms with Crippen molar-refractivity contribution >= 4 is 57.7 Å². The fourth-order valence-electron chi connectivity index (χ4n) is 1.89. The number of hydrogen-bond acceptors (Lipinski definition) is 4. The van der Waals surface area contributed by atoms with Gasteiger partial charge >= 0.3 is 0 Å². The summed E-state index contributed by atoms with van der Waals surface area (Å²) >= 11 is 17.7. The van der Waals surface area contributed by atoms with Crippen molar-refractivity contribution in [2.45, 2.75) is 0 Å². The maximum Gasteiger partial charge on any atom is 0.224 e. The van der Waals surface area contributed by atoms with Gasteiger partial charge in [0.1, 0.15) is 0 Å². The number of hydrazone groups is 1. The second-order valence-electron chi connectivity index (χ2n) is 4.40. The predicted molar refractivity (Wildman–Crippen MR) is 92.2 cm³/mol. The van der Waals surface area contributed by atoms with Crippen LogP contribution < -0.4 is 5.43 Å². The summed E-state index contributed by atoms with van der Waals surface area (Å²) in [5.41, 5.74) is 4.43. The van der Waals surface area contributed by atoms with Gasteiger partial charge in [-0.05, 0) is 41.4 Å². The average Bonchev–Trinajstić information content (AvgIpc) is 2.50. The Kier molecular flexibility index (Phi) is 4.43. The van der Waals surface area contributed by atoms with Gasteiger partial charge in [-0.15, -0.1) is 0 Å². The summed E-state index contributed by atoms with van der Waals surface area (Å²) in [5.74, 6) is 0.534. The Morgan fingerprint density at radius 1 is 0.955 bits per heavy atom. The molecule has 3 aromatic rings. The first-order valence-corrected chi connectivity index (χ1v) is 7.43. The van der Waals surface area contributed by atoms with Crippen LogP contribution in [0.5, 0.6) is 0 Å². The molecule has 0 unspecified atom stereocenters. The Balaban J connectivity index is 1.87. The van der Waals surface area contributed by atoms with Gasteiger partial charge in [0.05, 0.1) is 21.8 Å². The maximum atomic E-state index is 5.96. The highest BCUT2D eigenvalue weighted by Crippen LogP contribution is 2.23. The van der Waals surface area contributed by atoms with Crippen LogP contribution in [0.15, 0.2) is 47.6 Å². The van der Waals surface area contributed by atoms with Crippen molar-refractivity contribution < 1.29 is 0 Å². The summed E-state index contributed by atoms with van der Waals surface area (Å²) in [6.07, 6.45) is 1.62. The maximum absolute atomic E-state index is 5.96. The van der Waals surface area contributed by atoms with E-state index in [2.05, 4.69) is 20.5 Å². The highest BCUT2D eigenvalue weighted by Gasteiger charge is 2.05. The van der Waals surface area contributed by atoms with E-state index >= 15 is 0 Å². The van der Waals surface area contributed by atoms with E-state index in [-0.39, 0.29) is 5.28 Å². The number of anilines is 1. The third-order valence-corrected chi connectivity index (χ3v) is 3.81.